The molecule has 39 heavy (non-hydrogen) atoms. The highest BCUT2D eigenvalue weighted by Gasteiger charge is 2.45. The van der Waals surface area contributed by atoms with Crippen molar-refractivity contribution in [3.63, 3.8) is 0 Å². The lowest BCUT2D eigenvalue weighted by atomic mass is 9.81. The predicted octanol–water partition coefficient (Wildman–Crippen LogP) is 3.71. The molecule has 2 fully saturated rings. The van der Waals surface area contributed by atoms with Crippen molar-refractivity contribution < 1.29 is 31.2 Å². The van der Waals surface area contributed by atoms with Crippen LogP contribution in [0.5, 0.6) is 0 Å². The van der Waals surface area contributed by atoms with Crippen LogP contribution >= 0.6 is 0 Å². The molecule has 1 aromatic carbocycles. The third kappa shape index (κ3) is 7.06. The second kappa shape index (κ2) is 11.3. The number of nitrogen functional groups attached to an aromatic ring is 1. The van der Waals surface area contributed by atoms with Gasteiger partial charge >= 0.3 is 6.18 Å². The summed E-state index contributed by atoms with van der Waals surface area (Å²) in [5.74, 6) is -1.49. The highest BCUT2D eigenvalue weighted by Crippen LogP contribution is 2.36. The lowest BCUT2D eigenvalue weighted by Crippen LogP contribution is -2.53. The van der Waals surface area contributed by atoms with Gasteiger partial charge in [-0.3, -0.25) is 9.59 Å². The van der Waals surface area contributed by atoms with E-state index >= 15 is 0 Å². The Bertz CT molecular complexity index is 1180. The van der Waals surface area contributed by atoms with Gasteiger partial charge in [-0.25, -0.2) is 8.42 Å². The van der Waals surface area contributed by atoms with E-state index in [9.17, 15) is 31.2 Å². The van der Waals surface area contributed by atoms with E-state index in [0.717, 1.165) is 18.6 Å². The van der Waals surface area contributed by atoms with Gasteiger partial charge in [-0.1, -0.05) is 0 Å². The van der Waals surface area contributed by atoms with E-state index in [4.69, 9.17) is 5.73 Å². The minimum absolute atomic E-state index is 0.0477. The summed E-state index contributed by atoms with van der Waals surface area (Å²) in [7, 11) is -1.44. The van der Waals surface area contributed by atoms with Gasteiger partial charge < -0.3 is 20.9 Å². The number of carbonyl (C=O) groups excluding carboxylic acids is 2. The number of nitrogens with two attached hydrogens (primary N) is 1. The summed E-state index contributed by atoms with van der Waals surface area (Å²) < 4.78 is 65.0. The quantitative estimate of drug-likeness (QED) is 0.480. The summed E-state index contributed by atoms with van der Waals surface area (Å²) in [6.45, 7) is 9.52. The van der Waals surface area contributed by atoms with Crippen molar-refractivity contribution >= 4 is 27.3 Å². The maximum absolute atomic E-state index is 13.4. The summed E-state index contributed by atoms with van der Waals surface area (Å²) in [4.78, 5) is 30.2. The lowest BCUT2D eigenvalue weighted by molar-refractivity contribution is -0.137. The zero-order valence-corrected chi connectivity index (χ0v) is 24.3. The number of sulfone groups is 1. The highest BCUT2D eigenvalue weighted by molar-refractivity contribution is 7.92. The molecule has 2 aliphatic rings. The van der Waals surface area contributed by atoms with Gasteiger partial charge in [-0.15, -0.1) is 0 Å². The minimum atomic E-state index is -4.67. The Morgan fingerprint density at radius 3 is 2.36 bits per heavy atom. The van der Waals surface area contributed by atoms with Crippen LogP contribution in [0.15, 0.2) is 18.2 Å². The molecule has 1 saturated heterocycles. The molecule has 3 N–H and O–H groups in total. The standard InChI is InChI=1S/C27H41F3N4O4S/c1-16(2)33(6)21-7-8-23(18(13-21)15-39(37,38)26(3,4)5)34-10-9-22(25(34)36)32-24(35)17-11-19(27(28,29)30)14-20(31)12-17/h11-12,14,16,18,21-23H,7-10,13,15,31H2,1-6H3,(H,32,35)/t18-,21+,22-,23-/m0/s1. The fourth-order valence-electron chi connectivity index (χ4n) is 5.49. The Balaban J connectivity index is 1.79. The van der Waals surface area contributed by atoms with Crippen molar-refractivity contribution in [2.45, 2.75) is 95.4 Å². The molecule has 0 aromatic heterocycles. The van der Waals surface area contributed by atoms with E-state index in [-0.39, 0.29) is 53.4 Å². The molecule has 1 aliphatic heterocycles. The first-order chi connectivity index (χ1) is 17.8. The molecule has 4 atom stereocenters. The number of amides is 2. The van der Waals surface area contributed by atoms with Crippen molar-refractivity contribution in [1.29, 1.82) is 0 Å². The SMILES string of the molecule is CC(C)N(C)[C@@H]1CC[C@H](N2CC[C@H](NC(=O)c3cc(N)cc(C(F)(F)F)c3)C2=O)[C@H](CS(=O)(=O)C(C)(C)C)C1. The van der Waals surface area contributed by atoms with Gasteiger partial charge in [0.05, 0.1) is 16.1 Å². The molecule has 220 valence electrons. The van der Waals surface area contributed by atoms with Crippen LogP contribution in [0, 0.1) is 5.92 Å². The summed E-state index contributed by atoms with van der Waals surface area (Å²) in [6, 6.07) is 1.84. The van der Waals surface area contributed by atoms with E-state index in [1.807, 2.05) is 7.05 Å². The number of hydrogen-bond donors (Lipinski definition) is 2. The average molecular weight is 575 g/mol. The maximum atomic E-state index is 13.4. The first-order valence-corrected chi connectivity index (χ1v) is 15.0. The summed E-state index contributed by atoms with van der Waals surface area (Å²) in [5.41, 5.74) is 4.06. The van der Waals surface area contributed by atoms with Gasteiger partial charge in [-0.05, 0) is 91.5 Å². The summed E-state index contributed by atoms with van der Waals surface area (Å²) >= 11 is 0. The predicted molar refractivity (Wildman–Crippen MR) is 145 cm³/mol. The molecule has 0 bridgehead atoms. The van der Waals surface area contributed by atoms with Crippen LogP contribution in [0.25, 0.3) is 0 Å². The van der Waals surface area contributed by atoms with Crippen LogP contribution < -0.4 is 11.1 Å². The number of halogens is 3. The Labute approximate surface area is 229 Å². The first kappa shape index (κ1) is 31.2. The monoisotopic (exact) mass is 574 g/mol. The van der Waals surface area contributed by atoms with E-state index in [0.29, 0.717) is 25.5 Å². The van der Waals surface area contributed by atoms with E-state index in [1.165, 1.54) is 0 Å². The Hall–Kier alpha value is -2.34. The average Bonchev–Trinajstić information content (AvgIpc) is 3.16. The summed E-state index contributed by atoms with van der Waals surface area (Å²) in [6.07, 6.45) is -2.34. The molecular weight excluding hydrogens is 533 g/mol. The van der Waals surface area contributed by atoms with Crippen LogP contribution in [0.1, 0.15) is 76.2 Å². The zero-order valence-electron chi connectivity index (χ0n) is 23.5. The van der Waals surface area contributed by atoms with Gasteiger partial charge in [0, 0.05) is 35.9 Å². The Morgan fingerprint density at radius 1 is 1.15 bits per heavy atom. The smallest absolute Gasteiger partial charge is 0.399 e. The second-order valence-electron chi connectivity index (χ2n) is 12.1. The van der Waals surface area contributed by atoms with Crippen molar-refractivity contribution in [3.05, 3.63) is 29.3 Å². The molecule has 1 aliphatic carbocycles. The normalized spacial score (nSPS) is 25.0. The molecule has 1 heterocycles. The minimum Gasteiger partial charge on any atom is -0.399 e. The Kier molecular flexibility index (Phi) is 9.01. The van der Waals surface area contributed by atoms with Crippen LogP contribution in [0.3, 0.4) is 0 Å². The van der Waals surface area contributed by atoms with E-state index in [2.05, 4.69) is 24.1 Å². The van der Waals surface area contributed by atoms with Crippen molar-refractivity contribution in [2.24, 2.45) is 5.92 Å². The number of nitrogens with one attached hydrogen (secondary N) is 1. The number of anilines is 1. The summed E-state index contributed by atoms with van der Waals surface area (Å²) in [5, 5.41) is 2.57. The number of likely N-dealkylation sites (tertiary alicyclic amines) is 1. The number of carbonyl (C=O) groups is 2. The van der Waals surface area contributed by atoms with E-state index < -0.39 is 38.3 Å². The molecule has 0 unspecified atom stereocenters. The van der Waals surface area contributed by atoms with Gasteiger partial charge in [-0.2, -0.15) is 13.2 Å². The number of hydrogen-bond acceptors (Lipinski definition) is 6. The van der Waals surface area contributed by atoms with Crippen LogP contribution in [-0.4, -0.2) is 78.3 Å². The molecule has 3 rings (SSSR count). The highest BCUT2D eigenvalue weighted by atomic mass is 32.2. The van der Waals surface area contributed by atoms with Crippen molar-refractivity contribution in [3.8, 4) is 0 Å². The maximum Gasteiger partial charge on any atom is 0.416 e. The fourth-order valence-corrected chi connectivity index (χ4v) is 6.91. The van der Waals surface area contributed by atoms with E-state index in [1.54, 1.807) is 25.7 Å². The molecule has 12 heteroatoms. The largest absolute Gasteiger partial charge is 0.416 e. The molecule has 2 amide bonds. The lowest BCUT2D eigenvalue weighted by Gasteiger charge is -2.45. The van der Waals surface area contributed by atoms with Gasteiger partial charge in [0.1, 0.15) is 6.04 Å². The van der Waals surface area contributed by atoms with Crippen LogP contribution in [-0.2, 0) is 20.8 Å². The van der Waals surface area contributed by atoms with Crippen LogP contribution in [0.4, 0.5) is 18.9 Å². The topological polar surface area (TPSA) is 113 Å². The zero-order chi connectivity index (χ0) is 29.5. The fraction of sp³-hybridized carbons (Fsp3) is 0.704. The third-order valence-electron chi connectivity index (χ3n) is 8.16. The molecule has 1 aromatic rings. The molecule has 0 spiro atoms. The number of nitrogens with zero attached hydrogens (tertiary/aromatic N) is 2. The van der Waals surface area contributed by atoms with Gasteiger partial charge in [0.15, 0.2) is 9.84 Å². The molecule has 1 saturated carbocycles. The van der Waals surface area contributed by atoms with Crippen molar-refractivity contribution in [2.75, 3.05) is 25.1 Å². The molecular formula is C27H41F3N4O4S. The van der Waals surface area contributed by atoms with Gasteiger partial charge in [0.2, 0.25) is 5.91 Å². The van der Waals surface area contributed by atoms with Crippen LogP contribution in [0.2, 0.25) is 0 Å². The molecule has 8 nitrogen and oxygen atoms in total. The first-order valence-electron chi connectivity index (χ1n) is 13.3. The van der Waals surface area contributed by atoms with Gasteiger partial charge in [0.25, 0.3) is 5.91 Å². The Morgan fingerprint density at radius 2 is 1.79 bits per heavy atom. The van der Waals surface area contributed by atoms with Crippen molar-refractivity contribution in [1.82, 2.24) is 15.1 Å². The number of alkyl halides is 3. The second-order valence-corrected chi connectivity index (χ2v) is 14.9. The number of rotatable bonds is 7. The third-order valence-corrected chi connectivity index (χ3v) is 10.9. The molecule has 0 radical (unpaired) electrons. The number of benzene rings is 1.